The monoisotopic (exact) mass is 299 g/mol. The van der Waals surface area contributed by atoms with Crippen molar-refractivity contribution in [2.24, 2.45) is 5.73 Å². The van der Waals surface area contributed by atoms with Crippen LogP contribution in [0.1, 0.15) is 27.0 Å². The van der Waals surface area contributed by atoms with Gasteiger partial charge in [0.05, 0.1) is 10.6 Å². The maximum absolute atomic E-state index is 11.1. The quantitative estimate of drug-likeness (QED) is 0.909. The summed E-state index contributed by atoms with van der Waals surface area (Å²) in [6.07, 6.45) is 0. The highest BCUT2D eigenvalue weighted by molar-refractivity contribution is 6.32. The molecule has 0 heterocycles. The summed E-state index contributed by atoms with van der Waals surface area (Å²) in [5.74, 6) is -0.434. The maximum atomic E-state index is 11.1. The van der Waals surface area contributed by atoms with Gasteiger partial charge in [-0.1, -0.05) is 17.7 Å². The normalized spacial score (nSPS) is 9.95. The minimum atomic E-state index is -0.434. The van der Waals surface area contributed by atoms with Crippen LogP contribution in [-0.4, -0.2) is 5.91 Å². The molecule has 3 N–H and O–H groups in total. The number of nitriles is 1. The first kappa shape index (κ1) is 14.9. The SMILES string of the molecule is Cc1cc(C(N)=O)ccc1CNc1ccc(C#N)c(Cl)c1. The minimum Gasteiger partial charge on any atom is -0.381 e. The summed E-state index contributed by atoms with van der Waals surface area (Å²) in [6.45, 7) is 2.52. The number of amides is 1. The Bertz CT molecular complexity index is 735. The lowest BCUT2D eigenvalue weighted by atomic mass is 10.0. The molecular formula is C16H14ClN3O. The molecule has 5 heteroatoms. The smallest absolute Gasteiger partial charge is 0.248 e. The van der Waals surface area contributed by atoms with Crippen molar-refractivity contribution in [2.75, 3.05) is 5.32 Å². The Morgan fingerprint density at radius 1 is 1.33 bits per heavy atom. The molecule has 0 bridgehead atoms. The van der Waals surface area contributed by atoms with Gasteiger partial charge in [-0.3, -0.25) is 4.79 Å². The van der Waals surface area contributed by atoms with Gasteiger partial charge in [0, 0.05) is 17.8 Å². The van der Waals surface area contributed by atoms with Gasteiger partial charge in [0.2, 0.25) is 5.91 Å². The van der Waals surface area contributed by atoms with Crippen molar-refractivity contribution < 1.29 is 4.79 Å². The molecule has 0 fully saturated rings. The average Bonchev–Trinajstić information content (AvgIpc) is 2.46. The van der Waals surface area contributed by atoms with Crippen molar-refractivity contribution in [1.82, 2.24) is 0 Å². The third-order valence-corrected chi connectivity index (χ3v) is 3.51. The van der Waals surface area contributed by atoms with Crippen molar-refractivity contribution in [3.63, 3.8) is 0 Å². The Kier molecular flexibility index (Phi) is 4.46. The Morgan fingerprint density at radius 3 is 2.67 bits per heavy atom. The Morgan fingerprint density at radius 2 is 2.10 bits per heavy atom. The zero-order valence-corrected chi connectivity index (χ0v) is 12.2. The number of aryl methyl sites for hydroxylation is 1. The largest absolute Gasteiger partial charge is 0.381 e. The van der Waals surface area contributed by atoms with Gasteiger partial charge in [-0.15, -0.1) is 0 Å². The fraction of sp³-hybridized carbons (Fsp3) is 0.125. The summed E-state index contributed by atoms with van der Waals surface area (Å²) in [6, 6.07) is 12.6. The Hall–Kier alpha value is -2.51. The van der Waals surface area contributed by atoms with E-state index in [9.17, 15) is 4.79 Å². The van der Waals surface area contributed by atoms with E-state index in [4.69, 9.17) is 22.6 Å². The van der Waals surface area contributed by atoms with Crippen molar-refractivity contribution in [2.45, 2.75) is 13.5 Å². The number of carbonyl (C=O) groups excluding carboxylic acids is 1. The molecule has 4 nitrogen and oxygen atoms in total. The molecule has 0 saturated heterocycles. The van der Waals surface area contributed by atoms with E-state index >= 15 is 0 Å². The third kappa shape index (κ3) is 3.53. The van der Waals surface area contributed by atoms with Gasteiger partial charge in [-0.05, 0) is 48.4 Å². The molecule has 106 valence electrons. The minimum absolute atomic E-state index is 0.420. The second-order valence-corrected chi connectivity index (χ2v) is 5.07. The number of primary amides is 1. The summed E-state index contributed by atoms with van der Waals surface area (Å²) >= 11 is 5.98. The summed E-state index contributed by atoms with van der Waals surface area (Å²) in [4.78, 5) is 11.1. The summed E-state index contributed by atoms with van der Waals surface area (Å²) in [5, 5.41) is 12.5. The van der Waals surface area contributed by atoms with Gasteiger partial charge in [0.25, 0.3) is 0 Å². The lowest BCUT2D eigenvalue weighted by Crippen LogP contribution is -2.11. The van der Waals surface area contributed by atoms with Crippen LogP contribution in [-0.2, 0) is 6.54 Å². The molecule has 0 aliphatic rings. The third-order valence-electron chi connectivity index (χ3n) is 3.20. The van der Waals surface area contributed by atoms with Gasteiger partial charge >= 0.3 is 0 Å². The number of hydrogen-bond donors (Lipinski definition) is 2. The molecule has 21 heavy (non-hydrogen) atoms. The van der Waals surface area contributed by atoms with Crippen LogP contribution < -0.4 is 11.1 Å². The molecule has 0 radical (unpaired) electrons. The van der Waals surface area contributed by atoms with Crippen molar-refractivity contribution in [1.29, 1.82) is 5.26 Å². The van der Waals surface area contributed by atoms with Gasteiger partial charge < -0.3 is 11.1 Å². The number of halogens is 1. The molecule has 2 aromatic rings. The van der Waals surface area contributed by atoms with E-state index in [1.165, 1.54) is 0 Å². The number of nitrogens with two attached hydrogens (primary N) is 1. The van der Waals surface area contributed by atoms with E-state index in [0.29, 0.717) is 22.7 Å². The average molecular weight is 300 g/mol. The van der Waals surface area contributed by atoms with E-state index in [0.717, 1.165) is 16.8 Å². The summed E-state index contributed by atoms with van der Waals surface area (Å²) < 4.78 is 0. The number of anilines is 1. The van der Waals surface area contributed by atoms with Crippen LogP contribution >= 0.6 is 11.6 Å². The molecule has 0 aliphatic carbocycles. The van der Waals surface area contributed by atoms with Gasteiger partial charge in [0.15, 0.2) is 0 Å². The van der Waals surface area contributed by atoms with E-state index in [-0.39, 0.29) is 0 Å². The zero-order chi connectivity index (χ0) is 15.4. The molecule has 1 amide bonds. The zero-order valence-electron chi connectivity index (χ0n) is 11.5. The predicted molar refractivity (Wildman–Crippen MR) is 83.2 cm³/mol. The fourth-order valence-electron chi connectivity index (χ4n) is 1.96. The van der Waals surface area contributed by atoms with Crippen LogP contribution in [0.2, 0.25) is 5.02 Å². The highest BCUT2D eigenvalue weighted by atomic mass is 35.5. The van der Waals surface area contributed by atoms with Gasteiger partial charge in [0.1, 0.15) is 6.07 Å². The maximum Gasteiger partial charge on any atom is 0.248 e. The predicted octanol–water partition coefficient (Wildman–Crippen LogP) is 3.23. The molecule has 0 atom stereocenters. The summed E-state index contributed by atoms with van der Waals surface area (Å²) in [5.41, 5.74) is 9.06. The summed E-state index contributed by atoms with van der Waals surface area (Å²) in [7, 11) is 0. The van der Waals surface area contributed by atoms with E-state index < -0.39 is 5.91 Å². The van der Waals surface area contributed by atoms with E-state index in [2.05, 4.69) is 5.32 Å². The first-order valence-electron chi connectivity index (χ1n) is 6.34. The van der Waals surface area contributed by atoms with E-state index in [1.807, 2.05) is 19.1 Å². The topological polar surface area (TPSA) is 78.9 Å². The van der Waals surface area contributed by atoms with Crippen molar-refractivity contribution in [3.8, 4) is 6.07 Å². The molecule has 2 rings (SSSR count). The van der Waals surface area contributed by atoms with Crippen molar-refractivity contribution >= 4 is 23.2 Å². The van der Waals surface area contributed by atoms with Crippen LogP contribution in [0, 0.1) is 18.3 Å². The lowest BCUT2D eigenvalue weighted by Gasteiger charge is -2.10. The first-order valence-corrected chi connectivity index (χ1v) is 6.72. The van der Waals surface area contributed by atoms with Gasteiger partial charge in [-0.25, -0.2) is 0 Å². The Labute approximate surface area is 128 Å². The van der Waals surface area contributed by atoms with Crippen molar-refractivity contribution in [3.05, 3.63) is 63.7 Å². The number of hydrogen-bond acceptors (Lipinski definition) is 3. The molecule has 2 aromatic carbocycles. The number of nitrogens with one attached hydrogen (secondary N) is 1. The number of carbonyl (C=O) groups is 1. The number of nitrogens with zero attached hydrogens (tertiary/aromatic N) is 1. The molecule has 0 spiro atoms. The van der Waals surface area contributed by atoms with Crippen LogP contribution in [0.4, 0.5) is 5.69 Å². The number of benzene rings is 2. The Balaban J connectivity index is 2.11. The molecular weight excluding hydrogens is 286 g/mol. The molecule has 0 saturated carbocycles. The van der Waals surface area contributed by atoms with E-state index in [1.54, 1.807) is 30.3 Å². The van der Waals surface area contributed by atoms with Crippen LogP contribution in [0.3, 0.4) is 0 Å². The van der Waals surface area contributed by atoms with Gasteiger partial charge in [-0.2, -0.15) is 5.26 Å². The van der Waals surface area contributed by atoms with Crippen LogP contribution in [0.25, 0.3) is 0 Å². The molecule has 0 aliphatic heterocycles. The highest BCUT2D eigenvalue weighted by Gasteiger charge is 2.05. The second-order valence-electron chi connectivity index (χ2n) is 4.67. The lowest BCUT2D eigenvalue weighted by molar-refractivity contribution is 0.1000. The number of rotatable bonds is 4. The first-order chi connectivity index (χ1) is 10.0. The highest BCUT2D eigenvalue weighted by Crippen LogP contribution is 2.21. The molecule has 0 aromatic heterocycles. The molecule has 0 unspecified atom stereocenters. The fourth-order valence-corrected chi connectivity index (χ4v) is 2.18. The second kappa shape index (κ2) is 6.29. The standard InChI is InChI=1S/C16H14ClN3O/c1-10-6-11(16(19)21)2-3-13(10)9-20-14-5-4-12(8-18)15(17)7-14/h2-7,20H,9H2,1H3,(H2,19,21). The van der Waals surface area contributed by atoms with Crippen LogP contribution in [0.5, 0.6) is 0 Å². The van der Waals surface area contributed by atoms with Crippen LogP contribution in [0.15, 0.2) is 36.4 Å².